The Hall–Kier alpha value is -3.32. The second-order valence-corrected chi connectivity index (χ2v) is 6.12. The molecule has 27 heavy (non-hydrogen) atoms. The number of hydrogen-bond donors (Lipinski definition) is 0. The zero-order chi connectivity index (χ0) is 19.8. The van der Waals surface area contributed by atoms with Crippen LogP contribution in [0, 0.1) is 11.3 Å². The number of allylic oxidation sites excluding steroid dienone is 3. The molecule has 0 spiro atoms. The lowest BCUT2D eigenvalue weighted by Crippen LogP contribution is -2.13. The minimum atomic E-state index is -0.0144. The summed E-state index contributed by atoms with van der Waals surface area (Å²) >= 11 is 0. The van der Waals surface area contributed by atoms with Crippen LogP contribution in [0.25, 0.3) is 5.57 Å². The molecule has 2 aromatic rings. The van der Waals surface area contributed by atoms with Gasteiger partial charge in [0.25, 0.3) is 0 Å². The zero-order valence-corrected chi connectivity index (χ0v) is 16.2. The lowest BCUT2D eigenvalue weighted by atomic mass is 9.94. The Balaban J connectivity index is 2.44. The van der Waals surface area contributed by atoms with E-state index in [9.17, 15) is 4.79 Å². The Morgan fingerprint density at radius 2 is 1.78 bits per heavy atom. The predicted molar refractivity (Wildman–Crippen MR) is 110 cm³/mol. The molecular formula is C23H24N2O2. The van der Waals surface area contributed by atoms with Crippen LogP contribution >= 0.6 is 0 Å². The highest BCUT2D eigenvalue weighted by Gasteiger charge is 2.14. The van der Waals surface area contributed by atoms with Crippen LogP contribution in [0.1, 0.15) is 31.4 Å². The van der Waals surface area contributed by atoms with Crippen LogP contribution in [0.15, 0.2) is 66.4 Å². The minimum Gasteiger partial charge on any atom is -0.497 e. The normalized spacial score (nSPS) is 11.7. The standard InChI is InChI=1S/C23H24N2O2/c1-5-6-22(19-9-7-18(15-24)8-10-19)23(17(2)26)16-25(3)20-11-13-21(27-4)14-12-20/h6-14,16H,5H2,1-4H3/b22-6+,23-16-. The number of nitrogens with zero attached hydrogens (tertiary/aromatic N) is 2. The topological polar surface area (TPSA) is 53.3 Å². The van der Waals surface area contributed by atoms with Crippen molar-refractivity contribution in [1.82, 2.24) is 0 Å². The monoisotopic (exact) mass is 360 g/mol. The van der Waals surface area contributed by atoms with Crippen LogP contribution in [0.3, 0.4) is 0 Å². The van der Waals surface area contributed by atoms with Gasteiger partial charge >= 0.3 is 0 Å². The fraction of sp³-hybridized carbons (Fsp3) is 0.217. The van der Waals surface area contributed by atoms with E-state index < -0.39 is 0 Å². The van der Waals surface area contributed by atoms with Gasteiger partial charge in [-0.3, -0.25) is 4.79 Å². The van der Waals surface area contributed by atoms with Crippen LogP contribution in [0.2, 0.25) is 0 Å². The quantitative estimate of drug-likeness (QED) is 0.517. The zero-order valence-electron chi connectivity index (χ0n) is 16.2. The molecule has 4 heteroatoms. The molecule has 0 amide bonds. The van der Waals surface area contributed by atoms with Crippen LogP contribution in [0.4, 0.5) is 5.69 Å². The van der Waals surface area contributed by atoms with Crippen molar-refractivity contribution in [3.63, 3.8) is 0 Å². The molecule has 0 radical (unpaired) electrons. The highest BCUT2D eigenvalue weighted by Crippen LogP contribution is 2.27. The SMILES string of the molecule is CC/C=C(/C(=C\N(C)c1ccc(OC)cc1)C(C)=O)c1ccc(C#N)cc1. The van der Waals surface area contributed by atoms with E-state index in [0.717, 1.165) is 29.0 Å². The van der Waals surface area contributed by atoms with Gasteiger partial charge in [-0.15, -0.1) is 0 Å². The van der Waals surface area contributed by atoms with Crippen LogP contribution in [-0.4, -0.2) is 19.9 Å². The molecule has 0 bridgehead atoms. The van der Waals surface area contributed by atoms with E-state index in [-0.39, 0.29) is 5.78 Å². The van der Waals surface area contributed by atoms with Crippen molar-refractivity contribution in [3.05, 3.63) is 77.5 Å². The lowest BCUT2D eigenvalue weighted by molar-refractivity contribution is -0.113. The van der Waals surface area contributed by atoms with E-state index >= 15 is 0 Å². The molecule has 0 aliphatic heterocycles. The van der Waals surface area contributed by atoms with Gasteiger partial charge in [0.1, 0.15) is 5.75 Å². The summed E-state index contributed by atoms with van der Waals surface area (Å²) in [7, 11) is 3.54. The van der Waals surface area contributed by atoms with E-state index in [1.54, 1.807) is 26.2 Å². The molecular weight excluding hydrogens is 336 g/mol. The number of ketones is 1. The third kappa shape index (κ3) is 5.08. The molecule has 0 saturated heterocycles. The number of methoxy groups -OCH3 is 1. The molecule has 0 unspecified atom stereocenters. The molecule has 138 valence electrons. The van der Waals surface area contributed by atoms with Gasteiger partial charge in [0.2, 0.25) is 0 Å². The molecule has 0 N–H and O–H groups in total. The highest BCUT2D eigenvalue weighted by molar-refractivity contribution is 6.09. The molecule has 0 saturated carbocycles. The van der Waals surface area contributed by atoms with E-state index in [1.807, 2.05) is 67.5 Å². The number of rotatable bonds is 7. The molecule has 2 rings (SSSR count). The van der Waals surface area contributed by atoms with Gasteiger partial charge in [0.05, 0.1) is 18.7 Å². The van der Waals surface area contributed by atoms with Gasteiger partial charge in [-0.05, 0) is 60.9 Å². The van der Waals surface area contributed by atoms with E-state index in [0.29, 0.717) is 11.1 Å². The molecule has 0 aliphatic rings. The predicted octanol–water partition coefficient (Wildman–Crippen LogP) is 4.97. The van der Waals surface area contributed by atoms with Gasteiger partial charge in [0, 0.05) is 24.5 Å². The Morgan fingerprint density at radius 1 is 1.15 bits per heavy atom. The highest BCUT2D eigenvalue weighted by atomic mass is 16.5. The summed E-state index contributed by atoms with van der Waals surface area (Å²) in [6, 6.07) is 17.1. The fourth-order valence-corrected chi connectivity index (χ4v) is 2.75. The fourth-order valence-electron chi connectivity index (χ4n) is 2.75. The molecule has 2 aromatic carbocycles. The maximum Gasteiger partial charge on any atom is 0.161 e. The second-order valence-electron chi connectivity index (χ2n) is 6.12. The van der Waals surface area contributed by atoms with Gasteiger partial charge in [-0.1, -0.05) is 25.1 Å². The first-order valence-corrected chi connectivity index (χ1v) is 8.80. The maximum absolute atomic E-state index is 12.4. The molecule has 0 aliphatic carbocycles. The van der Waals surface area contributed by atoms with Gasteiger partial charge in [-0.25, -0.2) is 0 Å². The Labute approximate surface area is 161 Å². The first kappa shape index (κ1) is 20.0. The Bertz CT molecular complexity index is 885. The van der Waals surface area contributed by atoms with Crippen LogP contribution in [0.5, 0.6) is 5.75 Å². The first-order valence-electron chi connectivity index (χ1n) is 8.80. The van der Waals surface area contributed by atoms with Crippen molar-refractivity contribution in [2.24, 2.45) is 0 Å². The first-order chi connectivity index (χ1) is 13.0. The second kappa shape index (κ2) is 9.40. The summed E-state index contributed by atoms with van der Waals surface area (Å²) in [6.07, 6.45) is 4.69. The maximum atomic E-state index is 12.4. The number of anilines is 1. The minimum absolute atomic E-state index is 0.0144. The number of carbonyl (C=O) groups is 1. The summed E-state index contributed by atoms with van der Waals surface area (Å²) in [6.45, 7) is 3.61. The van der Waals surface area contributed by atoms with Gasteiger partial charge in [0.15, 0.2) is 5.78 Å². The Morgan fingerprint density at radius 3 is 2.26 bits per heavy atom. The van der Waals surface area contributed by atoms with E-state index in [2.05, 4.69) is 6.07 Å². The number of ether oxygens (including phenoxy) is 1. The van der Waals surface area contributed by atoms with E-state index in [4.69, 9.17) is 10.00 Å². The van der Waals surface area contributed by atoms with Crippen molar-refractivity contribution in [3.8, 4) is 11.8 Å². The molecule has 0 atom stereocenters. The van der Waals surface area contributed by atoms with E-state index in [1.165, 1.54) is 0 Å². The third-order valence-electron chi connectivity index (χ3n) is 4.21. The van der Waals surface area contributed by atoms with Crippen LogP contribution < -0.4 is 9.64 Å². The summed E-state index contributed by atoms with van der Waals surface area (Å²) in [5.74, 6) is 0.770. The number of benzene rings is 2. The molecule has 0 heterocycles. The van der Waals surface area contributed by atoms with Crippen molar-refractivity contribution in [2.75, 3.05) is 19.1 Å². The van der Waals surface area contributed by atoms with Crippen LogP contribution in [-0.2, 0) is 4.79 Å². The Kier molecular flexibility index (Phi) is 6.96. The third-order valence-corrected chi connectivity index (χ3v) is 4.21. The van der Waals surface area contributed by atoms with Gasteiger partial charge in [-0.2, -0.15) is 5.26 Å². The largest absolute Gasteiger partial charge is 0.497 e. The summed E-state index contributed by atoms with van der Waals surface area (Å²) in [5, 5.41) is 9.00. The molecule has 0 fully saturated rings. The number of Topliss-reactive ketones (excluding diaryl/α,β-unsaturated/α-hetero) is 1. The summed E-state index contributed by atoms with van der Waals surface area (Å²) in [4.78, 5) is 14.3. The summed E-state index contributed by atoms with van der Waals surface area (Å²) < 4.78 is 5.20. The van der Waals surface area contributed by atoms with Crippen molar-refractivity contribution in [2.45, 2.75) is 20.3 Å². The summed E-state index contributed by atoms with van der Waals surface area (Å²) in [5.41, 5.74) is 3.96. The van der Waals surface area contributed by atoms with Crippen molar-refractivity contribution in [1.29, 1.82) is 5.26 Å². The smallest absolute Gasteiger partial charge is 0.161 e. The number of nitriles is 1. The lowest BCUT2D eigenvalue weighted by Gasteiger charge is -2.18. The molecule has 4 nitrogen and oxygen atoms in total. The number of carbonyl (C=O) groups excluding carboxylic acids is 1. The van der Waals surface area contributed by atoms with Crippen molar-refractivity contribution < 1.29 is 9.53 Å². The van der Waals surface area contributed by atoms with Crippen molar-refractivity contribution >= 4 is 17.0 Å². The number of hydrogen-bond acceptors (Lipinski definition) is 4. The average Bonchev–Trinajstić information content (AvgIpc) is 2.70. The average molecular weight is 360 g/mol. The van der Waals surface area contributed by atoms with Gasteiger partial charge < -0.3 is 9.64 Å². The molecule has 0 aromatic heterocycles.